The number of benzene rings is 2. The Bertz CT molecular complexity index is 709. The Kier molecular flexibility index (Phi) is 4.61. The average Bonchev–Trinajstić information content (AvgIpc) is 2.43. The van der Waals surface area contributed by atoms with Crippen molar-refractivity contribution >= 4 is 11.8 Å². The molecule has 0 aliphatic carbocycles. The quantitative estimate of drug-likeness (QED) is 0.694. The van der Waals surface area contributed by atoms with Gasteiger partial charge in [0.25, 0.3) is 0 Å². The molecule has 0 aliphatic rings. The summed E-state index contributed by atoms with van der Waals surface area (Å²) in [4.78, 5) is 24.1. The summed E-state index contributed by atoms with van der Waals surface area (Å²) < 4.78 is 5.04. The number of phenolic OH excluding ortho intramolecular Hbond substituents is 1. The first-order valence-electron chi connectivity index (χ1n) is 6.95. The summed E-state index contributed by atoms with van der Waals surface area (Å²) in [7, 11) is 0. The summed E-state index contributed by atoms with van der Waals surface area (Å²) in [6.45, 7) is 5.38. The number of hydrogen-bond donors (Lipinski definition) is 1. The predicted octanol–water partition coefficient (Wildman–Crippen LogP) is 3.36. The third-order valence-electron chi connectivity index (χ3n) is 3.37. The summed E-state index contributed by atoms with van der Waals surface area (Å²) in [5.41, 5.74) is 3.63. The summed E-state index contributed by atoms with van der Waals surface area (Å²) in [5, 5.41) is 9.34. The third kappa shape index (κ3) is 3.52. The van der Waals surface area contributed by atoms with Crippen LogP contribution in [0.25, 0.3) is 0 Å². The summed E-state index contributed by atoms with van der Waals surface area (Å²) in [5.74, 6) is -0.888. The van der Waals surface area contributed by atoms with Crippen LogP contribution in [-0.2, 0) is 4.74 Å². The van der Waals surface area contributed by atoms with Crippen LogP contribution in [0.2, 0.25) is 0 Å². The number of aromatic hydroxyl groups is 1. The lowest BCUT2D eigenvalue weighted by Crippen LogP contribution is -2.16. The van der Waals surface area contributed by atoms with E-state index in [1.807, 2.05) is 32.9 Å². The molecule has 4 nitrogen and oxygen atoms in total. The van der Waals surface area contributed by atoms with Crippen LogP contribution in [-0.4, -0.2) is 23.5 Å². The molecule has 0 spiro atoms. The van der Waals surface area contributed by atoms with E-state index in [0.29, 0.717) is 5.56 Å². The van der Waals surface area contributed by atoms with E-state index < -0.39 is 5.97 Å². The molecule has 0 atom stereocenters. The van der Waals surface area contributed by atoms with Crippen molar-refractivity contribution in [1.29, 1.82) is 0 Å². The van der Waals surface area contributed by atoms with Crippen LogP contribution < -0.4 is 0 Å². The molecule has 0 heterocycles. The highest BCUT2D eigenvalue weighted by atomic mass is 16.5. The number of esters is 1. The Labute approximate surface area is 129 Å². The predicted molar refractivity (Wildman–Crippen MR) is 83.4 cm³/mol. The SMILES string of the molecule is Cc1cc(C)c(C(=O)COC(=O)c2cccc(O)c2)c(C)c1. The normalized spacial score (nSPS) is 10.3. The van der Waals surface area contributed by atoms with Gasteiger partial charge in [-0.25, -0.2) is 4.79 Å². The van der Waals surface area contributed by atoms with Crippen molar-refractivity contribution in [2.45, 2.75) is 20.8 Å². The van der Waals surface area contributed by atoms with Crippen LogP contribution in [0.1, 0.15) is 37.4 Å². The van der Waals surface area contributed by atoms with Crippen LogP contribution in [0.5, 0.6) is 5.75 Å². The van der Waals surface area contributed by atoms with E-state index in [2.05, 4.69) is 0 Å². The number of aryl methyl sites for hydroxylation is 3. The van der Waals surface area contributed by atoms with Crippen molar-refractivity contribution in [1.82, 2.24) is 0 Å². The fraction of sp³-hybridized carbons (Fsp3) is 0.222. The third-order valence-corrected chi connectivity index (χ3v) is 3.37. The van der Waals surface area contributed by atoms with Gasteiger partial charge in [0.15, 0.2) is 6.61 Å². The molecule has 2 aromatic rings. The van der Waals surface area contributed by atoms with Crippen LogP contribution >= 0.6 is 0 Å². The molecule has 0 aromatic heterocycles. The number of hydrogen-bond acceptors (Lipinski definition) is 4. The number of Topliss-reactive ketones (excluding diaryl/α,β-unsaturated/α-hetero) is 1. The van der Waals surface area contributed by atoms with Crippen LogP contribution in [0.3, 0.4) is 0 Å². The summed E-state index contributed by atoms with van der Waals surface area (Å²) in [6, 6.07) is 9.68. The summed E-state index contributed by atoms with van der Waals surface area (Å²) in [6.07, 6.45) is 0. The topological polar surface area (TPSA) is 63.6 Å². The van der Waals surface area contributed by atoms with Gasteiger partial charge in [0.05, 0.1) is 5.56 Å². The van der Waals surface area contributed by atoms with Gasteiger partial charge in [-0.1, -0.05) is 23.8 Å². The molecule has 0 bridgehead atoms. The lowest BCUT2D eigenvalue weighted by Gasteiger charge is -2.11. The van der Waals surface area contributed by atoms with E-state index in [4.69, 9.17) is 4.74 Å². The monoisotopic (exact) mass is 298 g/mol. The Morgan fingerprint density at radius 3 is 2.27 bits per heavy atom. The molecule has 0 saturated heterocycles. The molecule has 114 valence electrons. The Hall–Kier alpha value is -2.62. The smallest absolute Gasteiger partial charge is 0.338 e. The highest BCUT2D eigenvalue weighted by Crippen LogP contribution is 2.17. The van der Waals surface area contributed by atoms with Crippen LogP contribution in [0.4, 0.5) is 0 Å². The van der Waals surface area contributed by atoms with Gasteiger partial charge in [-0.15, -0.1) is 0 Å². The fourth-order valence-electron chi connectivity index (χ4n) is 2.54. The first-order valence-corrected chi connectivity index (χ1v) is 6.95. The number of ketones is 1. The number of phenols is 1. The van der Waals surface area contributed by atoms with Crippen molar-refractivity contribution in [3.63, 3.8) is 0 Å². The minimum absolute atomic E-state index is 0.0222. The van der Waals surface area contributed by atoms with Crippen molar-refractivity contribution in [2.75, 3.05) is 6.61 Å². The molecular weight excluding hydrogens is 280 g/mol. The zero-order chi connectivity index (χ0) is 16.3. The van der Waals surface area contributed by atoms with Gasteiger partial charge in [0.1, 0.15) is 5.75 Å². The van der Waals surface area contributed by atoms with E-state index in [0.717, 1.165) is 16.7 Å². The van der Waals surface area contributed by atoms with E-state index in [9.17, 15) is 14.7 Å². The molecule has 0 unspecified atom stereocenters. The molecule has 0 fully saturated rings. The highest BCUT2D eigenvalue weighted by molar-refractivity contribution is 6.01. The minimum atomic E-state index is -0.633. The Balaban J connectivity index is 2.09. The number of carbonyl (C=O) groups excluding carboxylic acids is 2. The van der Waals surface area contributed by atoms with Gasteiger partial charge in [0, 0.05) is 5.56 Å². The van der Waals surface area contributed by atoms with E-state index in [1.54, 1.807) is 6.07 Å². The summed E-state index contributed by atoms with van der Waals surface area (Å²) >= 11 is 0. The fourth-order valence-corrected chi connectivity index (χ4v) is 2.54. The van der Waals surface area contributed by atoms with Gasteiger partial charge >= 0.3 is 5.97 Å². The molecule has 0 amide bonds. The maximum Gasteiger partial charge on any atom is 0.338 e. The molecular formula is C18H18O4. The lowest BCUT2D eigenvalue weighted by atomic mass is 9.97. The van der Waals surface area contributed by atoms with Gasteiger partial charge in [-0.2, -0.15) is 0 Å². The highest BCUT2D eigenvalue weighted by Gasteiger charge is 2.16. The molecule has 0 saturated carbocycles. The van der Waals surface area contributed by atoms with E-state index >= 15 is 0 Å². The number of ether oxygens (including phenoxy) is 1. The van der Waals surface area contributed by atoms with Crippen molar-refractivity contribution in [2.24, 2.45) is 0 Å². The molecule has 1 N–H and O–H groups in total. The molecule has 0 aliphatic heterocycles. The second-order valence-corrected chi connectivity index (χ2v) is 5.32. The van der Waals surface area contributed by atoms with Gasteiger partial charge in [-0.3, -0.25) is 4.79 Å². The largest absolute Gasteiger partial charge is 0.508 e. The van der Waals surface area contributed by atoms with E-state index in [1.165, 1.54) is 18.2 Å². The number of carbonyl (C=O) groups is 2. The molecule has 0 radical (unpaired) electrons. The van der Waals surface area contributed by atoms with Gasteiger partial charge in [-0.05, 0) is 50.1 Å². The molecule has 2 aromatic carbocycles. The number of rotatable bonds is 4. The second kappa shape index (κ2) is 6.43. The van der Waals surface area contributed by atoms with Gasteiger partial charge < -0.3 is 9.84 Å². The Morgan fingerprint density at radius 1 is 1.05 bits per heavy atom. The lowest BCUT2D eigenvalue weighted by molar-refractivity contribution is 0.0474. The first-order chi connectivity index (χ1) is 10.4. The van der Waals surface area contributed by atoms with Crippen molar-refractivity contribution < 1.29 is 19.4 Å². The van der Waals surface area contributed by atoms with Crippen LogP contribution in [0, 0.1) is 20.8 Å². The van der Waals surface area contributed by atoms with Crippen molar-refractivity contribution in [3.8, 4) is 5.75 Å². The molecule has 4 heteroatoms. The van der Waals surface area contributed by atoms with Crippen LogP contribution in [0.15, 0.2) is 36.4 Å². The second-order valence-electron chi connectivity index (χ2n) is 5.32. The molecule has 2 rings (SSSR count). The standard InChI is InChI=1S/C18H18O4/c1-11-7-12(2)17(13(3)8-11)16(20)10-22-18(21)14-5-4-6-15(19)9-14/h4-9,19H,10H2,1-3H3. The maximum atomic E-state index is 12.3. The van der Waals surface area contributed by atoms with Crippen molar-refractivity contribution in [3.05, 3.63) is 64.2 Å². The zero-order valence-electron chi connectivity index (χ0n) is 12.8. The maximum absolute atomic E-state index is 12.3. The molecule has 22 heavy (non-hydrogen) atoms. The average molecular weight is 298 g/mol. The van der Waals surface area contributed by atoms with Gasteiger partial charge in [0.2, 0.25) is 5.78 Å². The first kappa shape index (κ1) is 15.8. The zero-order valence-corrected chi connectivity index (χ0v) is 12.8. The van der Waals surface area contributed by atoms with E-state index in [-0.39, 0.29) is 23.7 Å². The minimum Gasteiger partial charge on any atom is -0.508 e. The Morgan fingerprint density at radius 2 is 1.68 bits per heavy atom.